The van der Waals surface area contributed by atoms with Crippen LogP contribution in [0.4, 0.5) is 23.2 Å². The molecule has 2 aliphatic rings. The summed E-state index contributed by atoms with van der Waals surface area (Å²) in [7, 11) is 0. The number of carbonyl (C=O) groups is 2. The number of piperazine rings is 1. The van der Waals surface area contributed by atoms with Crippen molar-refractivity contribution in [2.45, 2.75) is 19.3 Å². The second-order valence-corrected chi connectivity index (χ2v) is 8.99. The van der Waals surface area contributed by atoms with Gasteiger partial charge in [0, 0.05) is 32.7 Å². The first kappa shape index (κ1) is 24.0. The van der Waals surface area contributed by atoms with Gasteiger partial charge < -0.3 is 4.90 Å². The minimum Gasteiger partial charge on any atom is -0.368 e. The van der Waals surface area contributed by atoms with Crippen molar-refractivity contribution in [2.75, 3.05) is 31.1 Å². The van der Waals surface area contributed by atoms with Crippen molar-refractivity contribution >= 4 is 17.5 Å². The maximum absolute atomic E-state index is 13.5. The molecule has 0 aliphatic carbocycles. The van der Waals surface area contributed by atoms with Gasteiger partial charge in [0.05, 0.1) is 28.9 Å². The van der Waals surface area contributed by atoms with Crippen LogP contribution in [0.2, 0.25) is 0 Å². The van der Waals surface area contributed by atoms with Crippen LogP contribution in [-0.2, 0) is 19.3 Å². The molecule has 0 unspecified atom stereocenters. The maximum Gasteiger partial charge on any atom is 0.416 e. The quantitative estimate of drug-likeness (QED) is 0.369. The van der Waals surface area contributed by atoms with Crippen molar-refractivity contribution in [3.05, 3.63) is 100 Å². The number of alkyl halides is 3. The van der Waals surface area contributed by atoms with E-state index < -0.39 is 23.6 Å². The molecule has 0 radical (unpaired) electrons. The summed E-state index contributed by atoms with van der Waals surface area (Å²) in [5, 5.41) is 0. The van der Waals surface area contributed by atoms with E-state index in [1.165, 1.54) is 24.3 Å². The van der Waals surface area contributed by atoms with Gasteiger partial charge in [-0.1, -0.05) is 30.3 Å². The lowest BCUT2D eigenvalue weighted by Crippen LogP contribution is -2.46. The first-order valence-electron chi connectivity index (χ1n) is 11.6. The highest BCUT2D eigenvalue weighted by atomic mass is 19.4. The smallest absolute Gasteiger partial charge is 0.368 e. The summed E-state index contributed by atoms with van der Waals surface area (Å²) in [5.41, 5.74) is 1.47. The zero-order valence-corrected chi connectivity index (χ0v) is 19.3. The maximum atomic E-state index is 13.5. The molecule has 186 valence electrons. The Morgan fingerprint density at radius 3 is 2.11 bits per heavy atom. The molecular weight excluding hydrogens is 474 g/mol. The summed E-state index contributed by atoms with van der Waals surface area (Å²) in [6, 6.07) is 16.2. The molecule has 2 aliphatic heterocycles. The molecule has 5 rings (SSSR count). The van der Waals surface area contributed by atoms with Crippen molar-refractivity contribution in [3.63, 3.8) is 0 Å². The van der Waals surface area contributed by atoms with Gasteiger partial charge in [0.1, 0.15) is 5.82 Å². The fourth-order valence-corrected chi connectivity index (χ4v) is 4.79. The third-order valence-electron chi connectivity index (χ3n) is 6.58. The number of anilines is 1. The van der Waals surface area contributed by atoms with E-state index in [9.17, 15) is 27.2 Å². The highest BCUT2D eigenvalue weighted by Crippen LogP contribution is 2.34. The summed E-state index contributed by atoms with van der Waals surface area (Å²) in [4.78, 5) is 31.6. The molecule has 0 saturated carbocycles. The Hall–Kier alpha value is -3.72. The Morgan fingerprint density at radius 2 is 1.42 bits per heavy atom. The molecule has 9 heteroatoms. The van der Waals surface area contributed by atoms with Crippen LogP contribution in [0.5, 0.6) is 0 Å². The molecule has 1 fully saturated rings. The van der Waals surface area contributed by atoms with E-state index in [1.54, 1.807) is 24.3 Å². The monoisotopic (exact) mass is 497 g/mol. The highest BCUT2D eigenvalue weighted by Gasteiger charge is 2.39. The molecule has 5 nitrogen and oxygen atoms in total. The van der Waals surface area contributed by atoms with Gasteiger partial charge >= 0.3 is 6.18 Å². The van der Waals surface area contributed by atoms with Crippen molar-refractivity contribution in [2.24, 2.45) is 0 Å². The summed E-state index contributed by atoms with van der Waals surface area (Å²) in [5.74, 6) is -1.30. The predicted molar refractivity (Wildman–Crippen MR) is 126 cm³/mol. The van der Waals surface area contributed by atoms with Gasteiger partial charge in [-0.2, -0.15) is 13.2 Å². The Kier molecular flexibility index (Phi) is 6.26. The molecule has 2 amide bonds. The van der Waals surface area contributed by atoms with Crippen molar-refractivity contribution in [1.82, 2.24) is 9.80 Å². The Bertz CT molecular complexity index is 1320. The molecule has 0 aromatic heterocycles. The van der Waals surface area contributed by atoms with E-state index in [4.69, 9.17) is 0 Å². The molecule has 3 aromatic carbocycles. The van der Waals surface area contributed by atoms with Crippen LogP contribution in [0.3, 0.4) is 0 Å². The first-order chi connectivity index (χ1) is 17.2. The topological polar surface area (TPSA) is 43.9 Å². The van der Waals surface area contributed by atoms with Gasteiger partial charge in [0.15, 0.2) is 0 Å². The third-order valence-corrected chi connectivity index (χ3v) is 6.58. The number of benzene rings is 3. The second-order valence-electron chi connectivity index (χ2n) is 8.99. The Labute approximate surface area is 205 Å². The first-order valence-corrected chi connectivity index (χ1v) is 11.6. The standard InChI is InChI=1S/C27H23F4N3O2/c28-21-7-2-5-19(15-21)16-32-10-12-33(13-11-32)23-9-3-8-22-24(23)26(36)34(25(22)35)17-18-4-1-6-20(14-18)27(29,30)31/h1-9,14-15H,10-13,16-17H2. The molecule has 3 aromatic rings. The number of imide groups is 1. The number of amides is 2. The van der Waals surface area contributed by atoms with Crippen LogP contribution >= 0.6 is 0 Å². The van der Waals surface area contributed by atoms with Crippen LogP contribution in [-0.4, -0.2) is 47.8 Å². The molecule has 1 saturated heterocycles. The van der Waals surface area contributed by atoms with Crippen LogP contribution in [0.1, 0.15) is 37.4 Å². The van der Waals surface area contributed by atoms with E-state index in [0.717, 1.165) is 22.6 Å². The van der Waals surface area contributed by atoms with Crippen LogP contribution < -0.4 is 4.90 Å². The minimum absolute atomic E-state index is 0.229. The normalized spacial score (nSPS) is 16.6. The Balaban J connectivity index is 1.31. The average molecular weight is 497 g/mol. The van der Waals surface area contributed by atoms with Crippen molar-refractivity contribution in [1.29, 1.82) is 0 Å². The van der Waals surface area contributed by atoms with Gasteiger partial charge in [0.25, 0.3) is 11.8 Å². The average Bonchev–Trinajstić information content (AvgIpc) is 3.09. The molecule has 36 heavy (non-hydrogen) atoms. The number of fused-ring (bicyclic) bond motifs is 1. The lowest BCUT2D eigenvalue weighted by molar-refractivity contribution is -0.137. The number of halogens is 4. The summed E-state index contributed by atoms with van der Waals surface area (Å²) in [6.07, 6.45) is -4.51. The summed E-state index contributed by atoms with van der Waals surface area (Å²) in [6.45, 7) is 2.98. The summed E-state index contributed by atoms with van der Waals surface area (Å²) >= 11 is 0. The second kappa shape index (κ2) is 9.39. The molecule has 0 spiro atoms. The van der Waals surface area contributed by atoms with Crippen molar-refractivity contribution < 1.29 is 27.2 Å². The fourth-order valence-electron chi connectivity index (χ4n) is 4.79. The van der Waals surface area contributed by atoms with Crippen LogP contribution in [0.15, 0.2) is 66.7 Å². The SMILES string of the molecule is O=C1c2cccc(N3CCN(Cc4cccc(F)c4)CC3)c2C(=O)N1Cc1cccc(C(F)(F)F)c1. The number of carbonyl (C=O) groups excluding carboxylic acids is 2. The zero-order chi connectivity index (χ0) is 25.4. The number of hydrogen-bond acceptors (Lipinski definition) is 4. The number of rotatable bonds is 5. The van der Waals surface area contributed by atoms with Gasteiger partial charge in [-0.3, -0.25) is 19.4 Å². The number of hydrogen-bond donors (Lipinski definition) is 0. The van der Waals surface area contributed by atoms with Crippen LogP contribution in [0.25, 0.3) is 0 Å². The number of nitrogens with zero attached hydrogens (tertiary/aromatic N) is 3. The van der Waals surface area contributed by atoms with Gasteiger partial charge in [-0.25, -0.2) is 4.39 Å². The van der Waals surface area contributed by atoms with E-state index in [2.05, 4.69) is 4.90 Å². The molecule has 0 N–H and O–H groups in total. The Morgan fingerprint density at radius 1 is 0.750 bits per heavy atom. The van der Waals surface area contributed by atoms with Gasteiger partial charge in [-0.15, -0.1) is 0 Å². The van der Waals surface area contributed by atoms with E-state index in [0.29, 0.717) is 38.4 Å². The summed E-state index contributed by atoms with van der Waals surface area (Å²) < 4.78 is 52.8. The lowest BCUT2D eigenvalue weighted by atomic mass is 10.1. The lowest BCUT2D eigenvalue weighted by Gasteiger charge is -2.36. The van der Waals surface area contributed by atoms with Crippen LogP contribution in [0, 0.1) is 5.82 Å². The predicted octanol–water partition coefficient (Wildman–Crippen LogP) is 4.96. The van der Waals surface area contributed by atoms with E-state index in [-0.39, 0.29) is 29.1 Å². The third kappa shape index (κ3) is 4.70. The zero-order valence-electron chi connectivity index (χ0n) is 19.3. The van der Waals surface area contributed by atoms with Gasteiger partial charge in [0.2, 0.25) is 0 Å². The van der Waals surface area contributed by atoms with Gasteiger partial charge in [-0.05, 0) is 47.5 Å². The molecular formula is C27H23F4N3O2. The molecule has 2 heterocycles. The molecule has 0 bridgehead atoms. The highest BCUT2D eigenvalue weighted by molar-refractivity contribution is 6.23. The van der Waals surface area contributed by atoms with E-state index in [1.807, 2.05) is 11.0 Å². The van der Waals surface area contributed by atoms with E-state index >= 15 is 0 Å². The van der Waals surface area contributed by atoms with Crippen molar-refractivity contribution in [3.8, 4) is 0 Å². The largest absolute Gasteiger partial charge is 0.416 e. The molecule has 0 atom stereocenters. The minimum atomic E-state index is -4.51. The fraction of sp³-hybridized carbons (Fsp3) is 0.259.